The Morgan fingerprint density at radius 3 is 2.58 bits per heavy atom. The Kier molecular flexibility index (Phi) is 8.90. The van der Waals surface area contributed by atoms with Crippen LogP contribution < -0.4 is 4.74 Å². The predicted molar refractivity (Wildman–Crippen MR) is 119 cm³/mol. The van der Waals surface area contributed by atoms with Crippen LogP contribution in [0.15, 0.2) is 66.5 Å². The van der Waals surface area contributed by atoms with Gasteiger partial charge in [-0.2, -0.15) is 13.2 Å². The van der Waals surface area contributed by atoms with Gasteiger partial charge >= 0.3 is 6.18 Å². The molecule has 1 aromatic heterocycles. The standard InChI is InChI=1S/C24H25F4N3O2/c1-5-7-12-29-17(4)20-10-9-19(25)13-21(20)23(32)31(6-2)16(3)15-33-22-11-8-18(14-30-22)24(26,27)28/h5,7-14,16H,1,6,15H2,2-4H3/b12-7-,29-17+/t16-/m0/s1. The number of rotatable bonds is 9. The van der Waals surface area contributed by atoms with Crippen LogP contribution in [-0.4, -0.2) is 40.7 Å². The normalized spacial score (nSPS) is 13.1. The number of benzene rings is 1. The summed E-state index contributed by atoms with van der Waals surface area (Å²) in [5.41, 5.74) is 0.257. The molecule has 0 aliphatic carbocycles. The summed E-state index contributed by atoms with van der Waals surface area (Å²) < 4.78 is 57.5. The first kappa shape index (κ1) is 25.8. The van der Waals surface area contributed by atoms with E-state index in [1.165, 1.54) is 23.2 Å². The summed E-state index contributed by atoms with van der Waals surface area (Å²) in [6.07, 6.45) is 0.895. The van der Waals surface area contributed by atoms with Crippen LogP contribution in [0.4, 0.5) is 17.6 Å². The predicted octanol–water partition coefficient (Wildman–Crippen LogP) is 5.68. The summed E-state index contributed by atoms with van der Waals surface area (Å²) in [5, 5.41) is 0. The third-order valence-corrected chi connectivity index (χ3v) is 4.76. The van der Waals surface area contributed by atoms with Crippen molar-refractivity contribution in [3.63, 3.8) is 0 Å². The quantitative estimate of drug-likeness (QED) is 0.273. The maximum Gasteiger partial charge on any atom is 0.417 e. The number of carbonyl (C=O) groups is 1. The van der Waals surface area contributed by atoms with Crippen LogP contribution in [0.3, 0.4) is 0 Å². The Morgan fingerprint density at radius 2 is 2.00 bits per heavy atom. The Labute approximate surface area is 190 Å². The number of hydrogen-bond donors (Lipinski definition) is 0. The number of pyridine rings is 1. The molecule has 0 unspecified atom stereocenters. The minimum atomic E-state index is -4.49. The van der Waals surface area contributed by atoms with Gasteiger partial charge in [-0.25, -0.2) is 9.37 Å². The number of alkyl halides is 3. The molecule has 0 aliphatic heterocycles. The molecule has 0 saturated heterocycles. The number of halogens is 4. The second-order valence-corrected chi connectivity index (χ2v) is 7.12. The largest absolute Gasteiger partial charge is 0.475 e. The van der Waals surface area contributed by atoms with Crippen molar-refractivity contribution in [2.24, 2.45) is 4.99 Å². The highest BCUT2D eigenvalue weighted by Crippen LogP contribution is 2.29. The van der Waals surface area contributed by atoms with Gasteiger partial charge in [-0.15, -0.1) is 0 Å². The molecule has 176 valence electrons. The zero-order chi connectivity index (χ0) is 24.6. The summed E-state index contributed by atoms with van der Waals surface area (Å²) in [6, 6.07) is 5.42. The van der Waals surface area contributed by atoms with E-state index in [0.717, 1.165) is 18.2 Å². The van der Waals surface area contributed by atoms with Crippen molar-refractivity contribution >= 4 is 11.6 Å². The minimum Gasteiger partial charge on any atom is -0.475 e. The Balaban J connectivity index is 2.20. The van der Waals surface area contributed by atoms with E-state index in [0.29, 0.717) is 24.0 Å². The smallest absolute Gasteiger partial charge is 0.417 e. The topological polar surface area (TPSA) is 54.8 Å². The molecule has 0 aliphatic rings. The average Bonchev–Trinajstić information content (AvgIpc) is 2.77. The second kappa shape index (κ2) is 11.4. The molecule has 0 bridgehead atoms. The molecule has 1 heterocycles. The molecule has 1 atom stereocenters. The van der Waals surface area contributed by atoms with Gasteiger partial charge in [-0.1, -0.05) is 12.7 Å². The van der Waals surface area contributed by atoms with E-state index >= 15 is 0 Å². The van der Waals surface area contributed by atoms with Crippen LogP contribution >= 0.6 is 0 Å². The van der Waals surface area contributed by atoms with Gasteiger partial charge < -0.3 is 9.64 Å². The molecular formula is C24H25F4N3O2. The second-order valence-electron chi connectivity index (χ2n) is 7.12. The SMILES string of the molecule is C=C/C=C\N=C(/C)c1ccc(F)cc1C(=O)N(CC)[C@@H](C)COc1ccc(C(F)(F)F)cn1. The number of aliphatic imine (C=N–C) groups is 1. The maximum absolute atomic E-state index is 14.0. The summed E-state index contributed by atoms with van der Waals surface area (Å²) in [6.45, 7) is 9.03. The molecule has 1 amide bonds. The Hall–Kier alpha value is -3.49. The van der Waals surface area contributed by atoms with Crippen molar-refractivity contribution in [3.05, 3.63) is 84.0 Å². The fourth-order valence-corrected chi connectivity index (χ4v) is 3.03. The molecule has 1 aromatic carbocycles. The number of ether oxygens (including phenoxy) is 1. The van der Waals surface area contributed by atoms with E-state index in [4.69, 9.17) is 4.74 Å². The van der Waals surface area contributed by atoms with Gasteiger partial charge in [0.25, 0.3) is 5.91 Å². The lowest BCUT2D eigenvalue weighted by molar-refractivity contribution is -0.137. The van der Waals surface area contributed by atoms with Gasteiger partial charge in [-0.3, -0.25) is 9.79 Å². The molecule has 2 aromatic rings. The van der Waals surface area contributed by atoms with Crippen LogP contribution in [-0.2, 0) is 6.18 Å². The molecule has 33 heavy (non-hydrogen) atoms. The van der Waals surface area contributed by atoms with Gasteiger partial charge in [-0.05, 0) is 51.1 Å². The van der Waals surface area contributed by atoms with Gasteiger partial charge in [0.15, 0.2) is 0 Å². The maximum atomic E-state index is 14.0. The molecule has 0 saturated carbocycles. The lowest BCUT2D eigenvalue weighted by Crippen LogP contribution is -2.42. The van der Waals surface area contributed by atoms with E-state index in [9.17, 15) is 22.4 Å². The fraction of sp³-hybridized carbons (Fsp3) is 0.292. The summed E-state index contributed by atoms with van der Waals surface area (Å²) in [5.74, 6) is -0.988. The highest BCUT2D eigenvalue weighted by atomic mass is 19.4. The number of likely N-dealkylation sites (N-methyl/N-ethyl adjacent to an activating group) is 1. The monoisotopic (exact) mass is 463 g/mol. The fourth-order valence-electron chi connectivity index (χ4n) is 3.03. The van der Waals surface area contributed by atoms with Crippen molar-refractivity contribution in [1.29, 1.82) is 0 Å². The lowest BCUT2D eigenvalue weighted by atomic mass is 10.0. The van der Waals surface area contributed by atoms with Crippen molar-refractivity contribution in [2.75, 3.05) is 13.2 Å². The van der Waals surface area contributed by atoms with Crippen molar-refractivity contribution < 1.29 is 27.1 Å². The molecule has 9 heteroatoms. The molecule has 5 nitrogen and oxygen atoms in total. The first-order chi connectivity index (χ1) is 15.6. The van der Waals surface area contributed by atoms with Gasteiger partial charge in [0.1, 0.15) is 12.4 Å². The molecule has 2 rings (SSSR count). The highest BCUT2D eigenvalue weighted by molar-refractivity contribution is 6.09. The molecule has 0 radical (unpaired) electrons. The zero-order valence-electron chi connectivity index (χ0n) is 18.6. The van der Waals surface area contributed by atoms with Crippen LogP contribution in [0.1, 0.15) is 42.3 Å². The van der Waals surface area contributed by atoms with Gasteiger partial charge in [0.05, 0.1) is 17.2 Å². The number of carbonyl (C=O) groups excluding carboxylic acids is 1. The van der Waals surface area contributed by atoms with E-state index < -0.39 is 29.5 Å². The number of hydrogen-bond acceptors (Lipinski definition) is 4. The van der Waals surface area contributed by atoms with Crippen LogP contribution in [0.5, 0.6) is 5.88 Å². The molecule has 0 spiro atoms. The summed E-state index contributed by atoms with van der Waals surface area (Å²) >= 11 is 0. The van der Waals surface area contributed by atoms with Crippen molar-refractivity contribution in [3.8, 4) is 5.88 Å². The third-order valence-electron chi connectivity index (χ3n) is 4.76. The molecule has 0 fully saturated rings. The first-order valence-electron chi connectivity index (χ1n) is 10.2. The average molecular weight is 463 g/mol. The van der Waals surface area contributed by atoms with E-state index in [2.05, 4.69) is 16.6 Å². The number of aromatic nitrogens is 1. The summed E-state index contributed by atoms with van der Waals surface area (Å²) in [7, 11) is 0. The third kappa shape index (κ3) is 7.00. The molecule has 0 N–H and O–H groups in total. The van der Waals surface area contributed by atoms with Gasteiger partial charge in [0, 0.05) is 36.3 Å². The summed E-state index contributed by atoms with van der Waals surface area (Å²) in [4.78, 5) is 22.7. The van der Waals surface area contributed by atoms with Crippen LogP contribution in [0.2, 0.25) is 0 Å². The zero-order valence-corrected chi connectivity index (χ0v) is 18.6. The number of nitrogens with zero attached hydrogens (tertiary/aromatic N) is 3. The lowest BCUT2D eigenvalue weighted by Gasteiger charge is -2.28. The highest BCUT2D eigenvalue weighted by Gasteiger charge is 2.31. The minimum absolute atomic E-state index is 0.00165. The Morgan fingerprint density at radius 1 is 1.27 bits per heavy atom. The van der Waals surface area contributed by atoms with Crippen LogP contribution in [0, 0.1) is 5.82 Å². The van der Waals surface area contributed by atoms with Crippen molar-refractivity contribution in [1.82, 2.24) is 9.88 Å². The number of allylic oxidation sites excluding steroid dienone is 2. The number of amides is 1. The first-order valence-corrected chi connectivity index (χ1v) is 10.2. The Bertz CT molecular complexity index is 1030. The van der Waals surface area contributed by atoms with Crippen LogP contribution in [0.25, 0.3) is 0 Å². The van der Waals surface area contributed by atoms with E-state index in [-0.39, 0.29) is 18.1 Å². The van der Waals surface area contributed by atoms with Gasteiger partial charge in [0.2, 0.25) is 5.88 Å². The van der Waals surface area contributed by atoms with Crippen molar-refractivity contribution in [2.45, 2.75) is 33.0 Å². The van der Waals surface area contributed by atoms with E-state index in [1.807, 2.05) is 0 Å². The van der Waals surface area contributed by atoms with E-state index in [1.54, 1.807) is 32.9 Å². The molecular weight excluding hydrogens is 438 g/mol.